The first kappa shape index (κ1) is 20.0. The van der Waals surface area contributed by atoms with Crippen molar-refractivity contribution in [2.75, 3.05) is 23.7 Å². The van der Waals surface area contributed by atoms with E-state index in [1.165, 1.54) is 0 Å². The molecule has 28 heavy (non-hydrogen) atoms. The van der Waals surface area contributed by atoms with Gasteiger partial charge in [-0.25, -0.2) is 13.1 Å². The summed E-state index contributed by atoms with van der Waals surface area (Å²) in [5, 5.41) is 14.8. The summed E-state index contributed by atoms with van der Waals surface area (Å²) in [4.78, 5) is 3.95. The largest absolute Gasteiger partial charge is 0.367 e. The van der Waals surface area contributed by atoms with Gasteiger partial charge in [0.2, 0.25) is 10.0 Å². The van der Waals surface area contributed by atoms with E-state index in [0.717, 1.165) is 5.69 Å². The summed E-state index contributed by atoms with van der Waals surface area (Å²) in [6, 6.07) is 14.0. The second-order valence-electron chi connectivity index (χ2n) is 5.87. The number of nitrogens with one attached hydrogen (secondary N) is 3. The molecule has 0 amide bonds. The third-order valence-corrected chi connectivity index (χ3v) is 5.21. The molecule has 0 unspecified atom stereocenters. The Kier molecular flexibility index (Phi) is 6.75. The Labute approximate surface area is 168 Å². The second-order valence-corrected chi connectivity index (χ2v) is 8.12. The lowest BCUT2D eigenvalue weighted by atomic mass is 10.2. The van der Waals surface area contributed by atoms with Crippen molar-refractivity contribution in [2.45, 2.75) is 5.75 Å². The molecule has 0 aliphatic carbocycles. The highest BCUT2D eigenvalue weighted by atomic mass is 35.5. The molecule has 0 fully saturated rings. The van der Waals surface area contributed by atoms with Crippen LogP contribution in [0.15, 0.2) is 60.9 Å². The molecule has 146 valence electrons. The summed E-state index contributed by atoms with van der Waals surface area (Å²) < 4.78 is 26.8. The number of rotatable bonds is 9. The highest BCUT2D eigenvalue weighted by Gasteiger charge is 2.11. The highest BCUT2D eigenvalue weighted by Crippen LogP contribution is 2.14. The minimum Gasteiger partial charge on any atom is -0.367 e. The van der Waals surface area contributed by atoms with Crippen LogP contribution in [-0.2, 0) is 15.8 Å². The van der Waals surface area contributed by atoms with Crippen molar-refractivity contribution in [1.29, 1.82) is 0 Å². The maximum absolute atomic E-state index is 12.1. The van der Waals surface area contributed by atoms with Crippen molar-refractivity contribution in [1.82, 2.24) is 19.9 Å². The summed E-state index contributed by atoms with van der Waals surface area (Å²) in [5.41, 5.74) is 1.50. The lowest BCUT2D eigenvalue weighted by Crippen LogP contribution is -2.30. The third-order valence-electron chi connectivity index (χ3n) is 3.62. The predicted molar refractivity (Wildman–Crippen MR) is 110 cm³/mol. The van der Waals surface area contributed by atoms with Gasteiger partial charge in [-0.1, -0.05) is 23.7 Å². The molecule has 10 heteroatoms. The number of nitrogens with zero attached hydrogens (tertiary/aromatic N) is 3. The van der Waals surface area contributed by atoms with E-state index >= 15 is 0 Å². The molecule has 2 aromatic heterocycles. The summed E-state index contributed by atoms with van der Waals surface area (Å²) in [6.45, 7) is 0.599. The second kappa shape index (κ2) is 9.45. The fourth-order valence-corrected chi connectivity index (χ4v) is 3.72. The van der Waals surface area contributed by atoms with E-state index in [9.17, 15) is 8.42 Å². The van der Waals surface area contributed by atoms with Gasteiger partial charge in [-0.05, 0) is 42.0 Å². The van der Waals surface area contributed by atoms with Crippen molar-refractivity contribution in [2.24, 2.45) is 0 Å². The SMILES string of the molecule is O=S(=O)(Cc1cccc(Cl)c1)NCCNc1ccc(Nc2ccncc2)nn1. The number of benzene rings is 1. The van der Waals surface area contributed by atoms with Crippen LogP contribution in [0.3, 0.4) is 0 Å². The highest BCUT2D eigenvalue weighted by molar-refractivity contribution is 7.88. The maximum Gasteiger partial charge on any atom is 0.215 e. The molecule has 1 aromatic carbocycles. The smallest absolute Gasteiger partial charge is 0.215 e. The Morgan fingerprint density at radius 2 is 1.68 bits per heavy atom. The van der Waals surface area contributed by atoms with Gasteiger partial charge in [-0.2, -0.15) is 0 Å². The average molecular weight is 419 g/mol. The molecule has 0 spiro atoms. The Hall–Kier alpha value is -2.75. The van der Waals surface area contributed by atoms with Crippen LogP contribution in [0.1, 0.15) is 5.56 Å². The topological polar surface area (TPSA) is 109 Å². The number of sulfonamides is 1. The van der Waals surface area contributed by atoms with Gasteiger partial charge in [0.1, 0.15) is 5.82 Å². The van der Waals surface area contributed by atoms with E-state index in [0.29, 0.717) is 28.8 Å². The molecular weight excluding hydrogens is 400 g/mol. The fraction of sp³-hybridized carbons (Fsp3) is 0.167. The molecular formula is C18H19ClN6O2S. The minimum atomic E-state index is -3.45. The Morgan fingerprint density at radius 3 is 2.39 bits per heavy atom. The van der Waals surface area contributed by atoms with Crippen LogP contribution in [0.2, 0.25) is 5.02 Å². The normalized spacial score (nSPS) is 11.2. The van der Waals surface area contributed by atoms with Crippen molar-refractivity contribution >= 4 is 38.9 Å². The summed E-state index contributed by atoms with van der Waals surface area (Å²) >= 11 is 5.88. The first-order chi connectivity index (χ1) is 13.5. The number of pyridine rings is 1. The van der Waals surface area contributed by atoms with E-state index in [-0.39, 0.29) is 12.3 Å². The van der Waals surface area contributed by atoms with Crippen molar-refractivity contribution in [3.8, 4) is 0 Å². The van der Waals surface area contributed by atoms with Gasteiger partial charge >= 0.3 is 0 Å². The summed E-state index contributed by atoms with van der Waals surface area (Å²) in [6.07, 6.45) is 3.36. The Morgan fingerprint density at radius 1 is 0.929 bits per heavy atom. The molecule has 8 nitrogen and oxygen atoms in total. The molecule has 2 heterocycles. The Bertz CT molecular complexity index is 1000. The molecule has 3 aromatic rings. The zero-order chi connectivity index (χ0) is 19.8. The monoisotopic (exact) mass is 418 g/mol. The zero-order valence-corrected chi connectivity index (χ0v) is 16.4. The van der Waals surface area contributed by atoms with Gasteiger partial charge in [0, 0.05) is 36.2 Å². The van der Waals surface area contributed by atoms with Gasteiger partial charge in [-0.3, -0.25) is 4.98 Å². The molecule has 3 rings (SSSR count). The standard InChI is InChI=1S/C18H19ClN6O2S/c19-15-3-1-2-14(12-15)13-28(26,27)22-11-10-21-17-4-5-18(25-24-17)23-16-6-8-20-9-7-16/h1-9,12,22H,10-11,13H2,(H,21,24)(H,20,23,25). The number of hydrogen-bond donors (Lipinski definition) is 3. The minimum absolute atomic E-state index is 0.122. The predicted octanol–water partition coefficient (Wildman–Crippen LogP) is 2.80. The van der Waals surface area contributed by atoms with Crippen molar-refractivity contribution in [3.63, 3.8) is 0 Å². The van der Waals surface area contributed by atoms with Crippen LogP contribution in [0.4, 0.5) is 17.3 Å². The number of halogens is 1. The number of anilines is 3. The molecule has 0 aliphatic heterocycles. The first-order valence-electron chi connectivity index (χ1n) is 8.47. The average Bonchev–Trinajstić information content (AvgIpc) is 2.67. The molecule has 0 saturated heterocycles. The molecule has 0 atom stereocenters. The van der Waals surface area contributed by atoms with Gasteiger partial charge < -0.3 is 10.6 Å². The Balaban J connectivity index is 1.43. The molecule has 3 N–H and O–H groups in total. The first-order valence-corrected chi connectivity index (χ1v) is 10.5. The number of hydrogen-bond acceptors (Lipinski definition) is 7. The molecule has 0 bridgehead atoms. The van der Waals surface area contributed by atoms with Gasteiger partial charge in [0.25, 0.3) is 0 Å². The van der Waals surface area contributed by atoms with Gasteiger partial charge in [0.15, 0.2) is 5.82 Å². The molecule has 0 saturated carbocycles. The van der Waals surface area contributed by atoms with E-state index in [4.69, 9.17) is 11.6 Å². The molecule has 0 aliphatic rings. The van der Waals surface area contributed by atoms with Crippen LogP contribution < -0.4 is 15.4 Å². The lowest BCUT2D eigenvalue weighted by Gasteiger charge is -2.09. The van der Waals surface area contributed by atoms with E-state index in [1.807, 2.05) is 12.1 Å². The van der Waals surface area contributed by atoms with Crippen LogP contribution in [0, 0.1) is 0 Å². The van der Waals surface area contributed by atoms with E-state index in [2.05, 4.69) is 30.5 Å². The zero-order valence-electron chi connectivity index (χ0n) is 14.8. The van der Waals surface area contributed by atoms with Crippen LogP contribution in [0.5, 0.6) is 0 Å². The lowest BCUT2D eigenvalue weighted by molar-refractivity contribution is 0.582. The van der Waals surface area contributed by atoms with Crippen molar-refractivity contribution in [3.05, 3.63) is 71.5 Å². The van der Waals surface area contributed by atoms with Crippen molar-refractivity contribution < 1.29 is 8.42 Å². The maximum atomic E-state index is 12.1. The van der Waals surface area contributed by atoms with Gasteiger partial charge in [0.05, 0.1) is 5.75 Å². The quantitative estimate of drug-likeness (QED) is 0.458. The van der Waals surface area contributed by atoms with E-state index in [1.54, 1.807) is 48.8 Å². The van der Waals surface area contributed by atoms with Crippen LogP contribution in [-0.4, -0.2) is 36.7 Å². The van der Waals surface area contributed by atoms with Crippen LogP contribution in [0.25, 0.3) is 0 Å². The van der Waals surface area contributed by atoms with E-state index < -0.39 is 10.0 Å². The van der Waals surface area contributed by atoms with Crippen LogP contribution >= 0.6 is 11.6 Å². The summed E-state index contributed by atoms with van der Waals surface area (Å²) in [7, 11) is -3.45. The van der Waals surface area contributed by atoms with Gasteiger partial charge in [-0.15, -0.1) is 10.2 Å². The third kappa shape index (κ3) is 6.45. The molecule has 0 radical (unpaired) electrons. The summed E-state index contributed by atoms with van der Waals surface area (Å²) in [5.74, 6) is 1.02. The number of aromatic nitrogens is 3. The fourth-order valence-electron chi connectivity index (χ4n) is 2.37.